The number of nitrogens with two attached hydrogens (primary N) is 1. The highest BCUT2D eigenvalue weighted by molar-refractivity contribution is 5.79. The molecule has 0 aliphatic rings. The summed E-state index contributed by atoms with van der Waals surface area (Å²) in [7, 11) is 1.79. The molecule has 1 atom stereocenters. The summed E-state index contributed by atoms with van der Waals surface area (Å²) in [5.74, 6) is 0.873. The molecule has 0 bridgehead atoms. The number of nitrogen functional groups attached to an aromatic ring is 1. The fraction of sp³-hybridized carbons (Fsp3) is 0.375. The zero-order valence-corrected chi connectivity index (χ0v) is 12.6. The number of imidazole rings is 1. The second kappa shape index (κ2) is 6.43. The number of aromatic nitrogens is 2. The molecule has 1 heterocycles. The van der Waals surface area contributed by atoms with Crippen LogP contribution in [0.25, 0.3) is 11.0 Å². The lowest BCUT2D eigenvalue weighted by atomic mass is 9.97. The molecule has 21 heavy (non-hydrogen) atoms. The Bertz CT molecular complexity index is 647. The van der Waals surface area contributed by atoms with Crippen molar-refractivity contribution in [1.29, 1.82) is 0 Å². The molecule has 1 unspecified atom stereocenters. The number of anilines is 1. The van der Waals surface area contributed by atoms with Gasteiger partial charge in [0.25, 0.3) is 0 Å². The summed E-state index contributed by atoms with van der Waals surface area (Å²) in [5.41, 5.74) is 9.08. The van der Waals surface area contributed by atoms with Crippen molar-refractivity contribution in [3.63, 3.8) is 0 Å². The maximum absolute atomic E-state index is 10.6. The van der Waals surface area contributed by atoms with Crippen molar-refractivity contribution in [2.75, 3.05) is 19.3 Å². The fourth-order valence-corrected chi connectivity index (χ4v) is 2.41. The van der Waals surface area contributed by atoms with Crippen LogP contribution in [0.1, 0.15) is 24.8 Å². The number of rotatable bonds is 7. The van der Waals surface area contributed by atoms with Crippen molar-refractivity contribution in [3.8, 4) is 0 Å². The largest absolute Gasteiger partial charge is 0.369 e. The van der Waals surface area contributed by atoms with Gasteiger partial charge in [0.2, 0.25) is 12.4 Å². The van der Waals surface area contributed by atoms with E-state index in [-0.39, 0.29) is 0 Å². The predicted octanol–water partition coefficient (Wildman–Crippen LogP) is 2.39. The van der Waals surface area contributed by atoms with E-state index in [1.165, 1.54) is 5.56 Å². The zero-order chi connectivity index (χ0) is 15.4. The number of benzene rings is 1. The van der Waals surface area contributed by atoms with Crippen LogP contribution in [0.4, 0.5) is 5.95 Å². The van der Waals surface area contributed by atoms with E-state index in [9.17, 15) is 4.79 Å². The quantitative estimate of drug-likeness (QED) is 0.628. The Morgan fingerprint density at radius 3 is 2.95 bits per heavy atom. The average Bonchev–Trinajstić information content (AvgIpc) is 2.80. The van der Waals surface area contributed by atoms with Gasteiger partial charge in [-0.3, -0.25) is 4.79 Å². The van der Waals surface area contributed by atoms with Gasteiger partial charge >= 0.3 is 0 Å². The highest BCUT2D eigenvalue weighted by Gasteiger charge is 2.11. The average molecular weight is 286 g/mol. The number of hydrogen-bond acceptors (Lipinski definition) is 3. The van der Waals surface area contributed by atoms with Crippen molar-refractivity contribution >= 4 is 23.4 Å². The second-order valence-electron chi connectivity index (χ2n) is 5.39. The zero-order valence-electron chi connectivity index (χ0n) is 12.6. The Morgan fingerprint density at radius 2 is 2.29 bits per heavy atom. The summed E-state index contributed by atoms with van der Waals surface area (Å²) in [4.78, 5) is 16.7. The first-order valence-electron chi connectivity index (χ1n) is 7.09. The molecule has 1 aromatic carbocycles. The van der Waals surface area contributed by atoms with Gasteiger partial charge < -0.3 is 15.2 Å². The van der Waals surface area contributed by atoms with E-state index in [0.717, 1.165) is 30.4 Å². The third-order valence-electron chi connectivity index (χ3n) is 3.78. The molecule has 0 saturated heterocycles. The first-order valence-corrected chi connectivity index (χ1v) is 7.09. The molecule has 0 spiro atoms. The van der Waals surface area contributed by atoms with Crippen LogP contribution in [0, 0.1) is 0 Å². The molecule has 0 aliphatic carbocycles. The first-order chi connectivity index (χ1) is 10.1. The Kier molecular flexibility index (Phi) is 4.62. The number of fused-ring (bicyclic) bond motifs is 1. The number of nitrogens with zero attached hydrogens (tertiary/aromatic N) is 3. The molecular formula is C16H22N4O. The van der Waals surface area contributed by atoms with Crippen LogP contribution < -0.4 is 5.73 Å². The van der Waals surface area contributed by atoms with Crippen molar-refractivity contribution in [2.24, 2.45) is 0 Å². The summed E-state index contributed by atoms with van der Waals surface area (Å²) in [6.07, 6.45) is 3.58. The van der Waals surface area contributed by atoms with Gasteiger partial charge in [0, 0.05) is 20.1 Å². The van der Waals surface area contributed by atoms with Crippen LogP contribution in [0.5, 0.6) is 0 Å². The molecule has 0 radical (unpaired) electrons. The van der Waals surface area contributed by atoms with E-state index in [1.807, 2.05) is 10.6 Å². The SMILES string of the molecule is C=CCn1c(N)nc2cc(C(C)CCN(C)C=O)ccc21. The smallest absolute Gasteiger partial charge is 0.209 e. The van der Waals surface area contributed by atoms with Gasteiger partial charge in [0.1, 0.15) is 0 Å². The van der Waals surface area contributed by atoms with E-state index in [0.29, 0.717) is 18.4 Å². The lowest BCUT2D eigenvalue weighted by Crippen LogP contribution is -2.18. The highest BCUT2D eigenvalue weighted by atomic mass is 16.1. The Labute approximate surface area is 125 Å². The monoisotopic (exact) mass is 286 g/mol. The van der Waals surface area contributed by atoms with Gasteiger partial charge in [0.15, 0.2) is 0 Å². The van der Waals surface area contributed by atoms with Crippen LogP contribution in [0.2, 0.25) is 0 Å². The van der Waals surface area contributed by atoms with Crippen molar-refractivity contribution in [3.05, 3.63) is 36.4 Å². The minimum absolute atomic E-state index is 0.363. The third-order valence-corrected chi connectivity index (χ3v) is 3.78. The normalized spacial score (nSPS) is 12.3. The Hall–Kier alpha value is -2.30. The van der Waals surface area contributed by atoms with E-state index in [2.05, 4.69) is 36.7 Å². The molecular weight excluding hydrogens is 264 g/mol. The van der Waals surface area contributed by atoms with Gasteiger partial charge in [-0.25, -0.2) is 4.98 Å². The van der Waals surface area contributed by atoms with Crippen molar-refractivity contribution in [2.45, 2.75) is 25.8 Å². The molecule has 5 nitrogen and oxygen atoms in total. The summed E-state index contributed by atoms with van der Waals surface area (Å²) in [5, 5.41) is 0. The summed E-state index contributed by atoms with van der Waals surface area (Å²) >= 11 is 0. The Morgan fingerprint density at radius 1 is 1.52 bits per heavy atom. The number of carbonyl (C=O) groups is 1. The maximum Gasteiger partial charge on any atom is 0.209 e. The van der Waals surface area contributed by atoms with Crippen molar-refractivity contribution < 1.29 is 4.79 Å². The molecule has 2 aromatic rings. The van der Waals surface area contributed by atoms with Crippen LogP contribution in [-0.2, 0) is 11.3 Å². The Balaban J connectivity index is 2.22. The first kappa shape index (κ1) is 15.1. The lowest BCUT2D eigenvalue weighted by Gasteiger charge is -2.16. The van der Waals surface area contributed by atoms with Gasteiger partial charge in [-0.1, -0.05) is 19.1 Å². The maximum atomic E-state index is 10.6. The minimum Gasteiger partial charge on any atom is -0.369 e. The van der Waals surface area contributed by atoms with Crippen LogP contribution in [0.3, 0.4) is 0 Å². The van der Waals surface area contributed by atoms with E-state index in [1.54, 1.807) is 11.9 Å². The summed E-state index contributed by atoms with van der Waals surface area (Å²) < 4.78 is 1.94. The second-order valence-corrected chi connectivity index (χ2v) is 5.39. The molecule has 1 amide bonds. The molecule has 5 heteroatoms. The molecule has 0 aliphatic heterocycles. The van der Waals surface area contributed by atoms with Crippen molar-refractivity contribution in [1.82, 2.24) is 14.5 Å². The van der Waals surface area contributed by atoms with E-state index >= 15 is 0 Å². The van der Waals surface area contributed by atoms with E-state index < -0.39 is 0 Å². The molecule has 1 aromatic heterocycles. The van der Waals surface area contributed by atoms with Crippen LogP contribution in [0.15, 0.2) is 30.9 Å². The molecule has 0 fully saturated rings. The van der Waals surface area contributed by atoms with E-state index in [4.69, 9.17) is 5.73 Å². The van der Waals surface area contributed by atoms with Gasteiger partial charge in [-0.2, -0.15) is 0 Å². The predicted molar refractivity (Wildman–Crippen MR) is 86.1 cm³/mol. The highest BCUT2D eigenvalue weighted by Crippen LogP contribution is 2.25. The number of carbonyl (C=O) groups excluding carboxylic acids is 1. The molecule has 2 N–H and O–H groups in total. The third kappa shape index (κ3) is 3.24. The van der Waals surface area contributed by atoms with Crippen LogP contribution in [-0.4, -0.2) is 34.5 Å². The fourth-order valence-electron chi connectivity index (χ4n) is 2.41. The minimum atomic E-state index is 0.363. The van der Waals surface area contributed by atoms with Gasteiger partial charge in [-0.15, -0.1) is 6.58 Å². The standard InChI is InChI=1S/C16H22N4O/c1-4-8-20-15-6-5-13(10-14(15)18-16(20)17)12(2)7-9-19(3)11-21/h4-6,10-12H,1,7-9H2,2-3H3,(H2,17,18). The molecule has 112 valence electrons. The number of hydrogen-bond donors (Lipinski definition) is 1. The number of allylic oxidation sites excluding steroid dienone is 1. The topological polar surface area (TPSA) is 64.2 Å². The number of amides is 1. The lowest BCUT2D eigenvalue weighted by molar-refractivity contribution is -0.117. The molecule has 2 rings (SSSR count). The van der Waals surface area contributed by atoms with Gasteiger partial charge in [-0.05, 0) is 30.0 Å². The van der Waals surface area contributed by atoms with Gasteiger partial charge in [0.05, 0.1) is 11.0 Å². The molecule has 0 saturated carbocycles. The summed E-state index contributed by atoms with van der Waals surface area (Å²) in [6, 6.07) is 6.24. The van der Waals surface area contributed by atoms with Crippen LogP contribution >= 0.6 is 0 Å². The summed E-state index contributed by atoms with van der Waals surface area (Å²) in [6.45, 7) is 7.30.